The van der Waals surface area contributed by atoms with Crippen molar-refractivity contribution < 1.29 is 4.79 Å². The van der Waals surface area contributed by atoms with E-state index in [9.17, 15) is 4.79 Å². The zero-order valence-corrected chi connectivity index (χ0v) is 10.3. The van der Waals surface area contributed by atoms with Gasteiger partial charge in [-0.1, -0.05) is 6.92 Å². The van der Waals surface area contributed by atoms with Crippen LogP contribution in [0.1, 0.15) is 31.9 Å². The van der Waals surface area contributed by atoms with Crippen molar-refractivity contribution in [3.63, 3.8) is 0 Å². The van der Waals surface area contributed by atoms with Crippen molar-refractivity contribution in [2.45, 2.75) is 38.6 Å². The Kier molecular flexibility index (Phi) is 2.34. The van der Waals surface area contributed by atoms with Crippen molar-refractivity contribution >= 4 is 17.4 Å². The van der Waals surface area contributed by atoms with E-state index in [1.807, 2.05) is 11.7 Å². The third-order valence-corrected chi connectivity index (χ3v) is 3.64. The van der Waals surface area contributed by atoms with Crippen molar-refractivity contribution in [1.82, 2.24) is 9.78 Å². The summed E-state index contributed by atoms with van der Waals surface area (Å²) in [7, 11) is 1.92. The van der Waals surface area contributed by atoms with Crippen LogP contribution in [0, 0.1) is 5.92 Å². The van der Waals surface area contributed by atoms with Crippen LogP contribution in [0.4, 0.5) is 11.5 Å². The van der Waals surface area contributed by atoms with Crippen LogP contribution < -0.4 is 10.6 Å². The fourth-order valence-corrected chi connectivity index (χ4v) is 2.52. The number of amides is 1. The molecule has 17 heavy (non-hydrogen) atoms. The van der Waals surface area contributed by atoms with Crippen LogP contribution in [0.2, 0.25) is 0 Å². The van der Waals surface area contributed by atoms with Crippen molar-refractivity contribution in [1.29, 1.82) is 0 Å². The Bertz CT molecular complexity index is 461. The highest BCUT2D eigenvalue weighted by molar-refractivity contribution is 5.96. The summed E-state index contributed by atoms with van der Waals surface area (Å²) in [6, 6.07) is 0.274. The Hall–Kier alpha value is -1.52. The van der Waals surface area contributed by atoms with Gasteiger partial charge in [0, 0.05) is 19.5 Å². The van der Waals surface area contributed by atoms with Gasteiger partial charge in [0.15, 0.2) is 0 Å². The molecule has 5 heteroatoms. The van der Waals surface area contributed by atoms with E-state index >= 15 is 0 Å². The highest BCUT2D eigenvalue weighted by atomic mass is 16.1. The zero-order chi connectivity index (χ0) is 12.0. The summed E-state index contributed by atoms with van der Waals surface area (Å²) in [5, 5.41) is 10.9. The smallest absolute Gasteiger partial charge is 0.226 e. The van der Waals surface area contributed by atoms with Gasteiger partial charge in [-0.15, -0.1) is 0 Å². The SMILES string of the molecule is CCc1nn(C)c2c1NC(=O)CC(C1CC1)N2. The molecule has 1 saturated carbocycles. The summed E-state index contributed by atoms with van der Waals surface area (Å²) in [5.74, 6) is 1.73. The van der Waals surface area contributed by atoms with Gasteiger partial charge in [-0.05, 0) is 25.2 Å². The summed E-state index contributed by atoms with van der Waals surface area (Å²) in [6.45, 7) is 2.05. The lowest BCUT2D eigenvalue weighted by atomic mass is 10.1. The number of fused-ring (bicyclic) bond motifs is 1. The molecule has 1 amide bonds. The molecular formula is C12H18N4O. The summed E-state index contributed by atoms with van der Waals surface area (Å²) in [6.07, 6.45) is 3.87. The van der Waals surface area contributed by atoms with Crippen LogP contribution in [-0.2, 0) is 18.3 Å². The number of aromatic nitrogens is 2. The van der Waals surface area contributed by atoms with Gasteiger partial charge in [-0.2, -0.15) is 5.10 Å². The number of nitrogens with one attached hydrogen (secondary N) is 2. The van der Waals surface area contributed by atoms with E-state index < -0.39 is 0 Å². The van der Waals surface area contributed by atoms with E-state index in [1.54, 1.807) is 0 Å². The van der Waals surface area contributed by atoms with Crippen molar-refractivity contribution in [2.75, 3.05) is 10.6 Å². The number of aryl methyl sites for hydroxylation is 2. The maximum atomic E-state index is 11.9. The van der Waals surface area contributed by atoms with E-state index in [2.05, 4.69) is 22.7 Å². The molecular weight excluding hydrogens is 216 g/mol. The number of anilines is 2. The maximum Gasteiger partial charge on any atom is 0.226 e. The lowest BCUT2D eigenvalue weighted by Gasteiger charge is -2.15. The molecule has 1 aromatic heterocycles. The molecule has 3 rings (SSSR count). The Morgan fingerprint density at radius 2 is 2.24 bits per heavy atom. The minimum Gasteiger partial charge on any atom is -0.365 e. The lowest BCUT2D eigenvalue weighted by Crippen LogP contribution is -2.25. The van der Waals surface area contributed by atoms with Gasteiger partial charge in [0.2, 0.25) is 5.91 Å². The predicted octanol–water partition coefficient (Wildman–Crippen LogP) is 1.52. The van der Waals surface area contributed by atoms with E-state index in [0.29, 0.717) is 12.3 Å². The first-order chi connectivity index (χ1) is 8.19. The Morgan fingerprint density at radius 3 is 2.88 bits per heavy atom. The van der Waals surface area contributed by atoms with Crippen molar-refractivity contribution in [2.24, 2.45) is 13.0 Å². The van der Waals surface area contributed by atoms with E-state index in [4.69, 9.17) is 0 Å². The Labute approximate surface area is 101 Å². The molecule has 1 aromatic rings. The average molecular weight is 234 g/mol. The van der Waals surface area contributed by atoms with E-state index in [0.717, 1.165) is 23.6 Å². The number of carbonyl (C=O) groups is 1. The summed E-state index contributed by atoms with van der Waals surface area (Å²) in [4.78, 5) is 11.9. The summed E-state index contributed by atoms with van der Waals surface area (Å²) >= 11 is 0. The lowest BCUT2D eigenvalue weighted by molar-refractivity contribution is -0.116. The number of hydrogen-bond donors (Lipinski definition) is 2. The quantitative estimate of drug-likeness (QED) is 0.815. The molecule has 1 atom stereocenters. The van der Waals surface area contributed by atoms with E-state index in [1.165, 1.54) is 12.8 Å². The third kappa shape index (κ3) is 1.79. The molecule has 0 bridgehead atoms. The summed E-state index contributed by atoms with van der Waals surface area (Å²) in [5.41, 5.74) is 1.84. The standard InChI is InChI=1S/C12H18N4O/c1-3-8-11-12(16(2)15-8)13-9(7-4-5-7)6-10(17)14-11/h7,9,13H,3-6H2,1-2H3,(H,14,17). The van der Waals surface area contributed by atoms with Gasteiger partial charge in [-0.25, -0.2) is 0 Å². The molecule has 0 spiro atoms. The van der Waals surface area contributed by atoms with Crippen LogP contribution in [0.15, 0.2) is 0 Å². The molecule has 1 aliphatic carbocycles. The first kappa shape index (κ1) is 10.6. The second-order valence-electron chi connectivity index (χ2n) is 4.99. The van der Waals surface area contributed by atoms with Gasteiger partial charge in [0.05, 0.1) is 5.69 Å². The zero-order valence-electron chi connectivity index (χ0n) is 10.3. The second-order valence-corrected chi connectivity index (χ2v) is 4.99. The Morgan fingerprint density at radius 1 is 1.47 bits per heavy atom. The van der Waals surface area contributed by atoms with Gasteiger partial charge in [0.25, 0.3) is 0 Å². The van der Waals surface area contributed by atoms with Crippen LogP contribution in [-0.4, -0.2) is 21.7 Å². The average Bonchev–Trinajstić information content (AvgIpc) is 3.08. The molecule has 0 saturated heterocycles. The minimum atomic E-state index is 0.107. The number of rotatable bonds is 2. The van der Waals surface area contributed by atoms with Crippen LogP contribution in [0.3, 0.4) is 0 Å². The highest BCUT2D eigenvalue weighted by Crippen LogP contribution is 2.39. The van der Waals surface area contributed by atoms with Crippen molar-refractivity contribution in [3.8, 4) is 0 Å². The first-order valence-corrected chi connectivity index (χ1v) is 6.31. The van der Waals surface area contributed by atoms with Gasteiger partial charge in [0.1, 0.15) is 11.5 Å². The molecule has 2 aliphatic rings. The highest BCUT2D eigenvalue weighted by Gasteiger charge is 2.36. The van der Waals surface area contributed by atoms with Crippen LogP contribution >= 0.6 is 0 Å². The fraction of sp³-hybridized carbons (Fsp3) is 0.667. The molecule has 0 radical (unpaired) electrons. The van der Waals surface area contributed by atoms with Gasteiger partial charge < -0.3 is 10.6 Å². The van der Waals surface area contributed by atoms with Crippen LogP contribution in [0.5, 0.6) is 0 Å². The second kappa shape index (κ2) is 3.75. The number of hydrogen-bond acceptors (Lipinski definition) is 3. The molecule has 1 fully saturated rings. The number of carbonyl (C=O) groups excluding carboxylic acids is 1. The molecule has 1 aliphatic heterocycles. The largest absolute Gasteiger partial charge is 0.365 e. The molecule has 1 unspecified atom stereocenters. The normalized spacial score (nSPS) is 23.6. The topological polar surface area (TPSA) is 59.0 Å². The first-order valence-electron chi connectivity index (χ1n) is 6.31. The molecule has 92 valence electrons. The minimum absolute atomic E-state index is 0.107. The van der Waals surface area contributed by atoms with Gasteiger partial charge >= 0.3 is 0 Å². The maximum absolute atomic E-state index is 11.9. The number of nitrogens with zero attached hydrogens (tertiary/aromatic N) is 2. The summed E-state index contributed by atoms with van der Waals surface area (Å²) < 4.78 is 1.84. The van der Waals surface area contributed by atoms with Crippen molar-refractivity contribution in [3.05, 3.63) is 5.69 Å². The monoisotopic (exact) mass is 234 g/mol. The Balaban J connectivity index is 1.98. The van der Waals surface area contributed by atoms with Gasteiger partial charge in [-0.3, -0.25) is 9.48 Å². The van der Waals surface area contributed by atoms with Crippen LogP contribution in [0.25, 0.3) is 0 Å². The third-order valence-electron chi connectivity index (χ3n) is 3.64. The molecule has 5 nitrogen and oxygen atoms in total. The molecule has 2 heterocycles. The van der Waals surface area contributed by atoms with E-state index in [-0.39, 0.29) is 11.9 Å². The fourth-order valence-electron chi connectivity index (χ4n) is 2.52. The predicted molar refractivity (Wildman–Crippen MR) is 66.0 cm³/mol. The molecule has 2 N–H and O–H groups in total. The molecule has 0 aromatic carbocycles.